The zero-order valence-electron chi connectivity index (χ0n) is 12.4. The molecule has 0 aliphatic carbocycles. The van der Waals surface area contributed by atoms with Gasteiger partial charge < -0.3 is 10.1 Å². The van der Waals surface area contributed by atoms with Gasteiger partial charge >= 0.3 is 5.97 Å². The molecule has 0 aromatic heterocycles. The highest BCUT2D eigenvalue weighted by molar-refractivity contribution is 5.97. The number of nitrogens with one attached hydrogen (secondary N) is 1. The Morgan fingerprint density at radius 1 is 1.33 bits per heavy atom. The van der Waals surface area contributed by atoms with Crippen LogP contribution in [0.25, 0.3) is 0 Å². The van der Waals surface area contributed by atoms with E-state index < -0.39 is 22.4 Å². The molecule has 0 bridgehead atoms. The molecule has 0 spiro atoms. The van der Waals surface area contributed by atoms with E-state index in [1.807, 2.05) is 0 Å². The topological polar surface area (TPSA) is 98.5 Å². The molecule has 1 aromatic carbocycles. The van der Waals surface area contributed by atoms with Gasteiger partial charge in [0.25, 0.3) is 11.6 Å². The van der Waals surface area contributed by atoms with E-state index in [-0.39, 0.29) is 17.8 Å². The fourth-order valence-electron chi connectivity index (χ4n) is 1.64. The number of nitro groups is 1. The van der Waals surface area contributed by atoms with Crippen molar-refractivity contribution in [2.45, 2.75) is 33.3 Å². The van der Waals surface area contributed by atoms with E-state index in [9.17, 15) is 19.7 Å². The smallest absolute Gasteiger partial charge is 0.325 e. The summed E-state index contributed by atoms with van der Waals surface area (Å²) in [5.74, 6) is -1.02. The molecule has 7 heteroatoms. The predicted octanol–water partition coefficient (Wildman–Crippen LogP) is 1.97. The standard InChI is InChI=1S/C14H18N2O5/c1-9-7-10(16(19)20)5-6-11(9)13(18)15-8-12(17)21-14(2,3)4/h5-7H,8H2,1-4H3,(H,15,18). The lowest BCUT2D eigenvalue weighted by Crippen LogP contribution is -2.34. The monoisotopic (exact) mass is 294 g/mol. The lowest BCUT2D eigenvalue weighted by Gasteiger charge is -2.19. The van der Waals surface area contributed by atoms with Gasteiger partial charge in [0.05, 0.1) is 4.92 Å². The number of carbonyl (C=O) groups is 2. The summed E-state index contributed by atoms with van der Waals surface area (Å²) in [6.07, 6.45) is 0. The van der Waals surface area contributed by atoms with E-state index in [0.717, 1.165) is 0 Å². The first kappa shape index (κ1) is 16.6. The fourth-order valence-corrected chi connectivity index (χ4v) is 1.64. The van der Waals surface area contributed by atoms with Crippen LogP contribution < -0.4 is 5.32 Å². The first-order valence-electron chi connectivity index (χ1n) is 6.35. The average molecular weight is 294 g/mol. The quantitative estimate of drug-likeness (QED) is 0.520. The van der Waals surface area contributed by atoms with Crippen LogP contribution in [0.4, 0.5) is 5.69 Å². The maximum atomic E-state index is 11.9. The van der Waals surface area contributed by atoms with Crippen LogP contribution in [0, 0.1) is 17.0 Å². The van der Waals surface area contributed by atoms with Crippen molar-refractivity contribution >= 4 is 17.6 Å². The summed E-state index contributed by atoms with van der Waals surface area (Å²) in [4.78, 5) is 33.5. The first-order valence-corrected chi connectivity index (χ1v) is 6.35. The minimum absolute atomic E-state index is 0.0869. The number of hydrogen-bond donors (Lipinski definition) is 1. The van der Waals surface area contributed by atoms with Gasteiger partial charge in [-0.3, -0.25) is 19.7 Å². The van der Waals surface area contributed by atoms with Crippen LogP contribution in [-0.4, -0.2) is 28.9 Å². The molecule has 1 aromatic rings. The van der Waals surface area contributed by atoms with Gasteiger partial charge in [0.15, 0.2) is 0 Å². The number of nitrogens with zero attached hydrogens (tertiary/aromatic N) is 1. The van der Waals surface area contributed by atoms with Crippen molar-refractivity contribution in [2.24, 2.45) is 0 Å². The van der Waals surface area contributed by atoms with Crippen LogP contribution in [0.1, 0.15) is 36.7 Å². The molecule has 0 saturated heterocycles. The molecule has 7 nitrogen and oxygen atoms in total. The molecule has 0 aliphatic rings. The van der Waals surface area contributed by atoms with Gasteiger partial charge in [0.2, 0.25) is 0 Å². The maximum absolute atomic E-state index is 11.9. The normalized spacial score (nSPS) is 10.9. The van der Waals surface area contributed by atoms with Gasteiger partial charge in [-0.15, -0.1) is 0 Å². The summed E-state index contributed by atoms with van der Waals surface area (Å²) in [6.45, 7) is 6.52. The molecular formula is C14H18N2O5. The van der Waals surface area contributed by atoms with Gasteiger partial charge in [0.1, 0.15) is 12.1 Å². The second-order valence-corrected chi connectivity index (χ2v) is 5.53. The minimum atomic E-state index is -0.620. The second kappa shape index (κ2) is 6.34. The fraction of sp³-hybridized carbons (Fsp3) is 0.429. The number of ether oxygens (including phenoxy) is 1. The molecule has 0 atom stereocenters. The van der Waals surface area contributed by atoms with Crippen molar-refractivity contribution in [1.29, 1.82) is 0 Å². The number of nitro benzene ring substituents is 1. The zero-order chi connectivity index (χ0) is 16.2. The van der Waals surface area contributed by atoms with E-state index in [0.29, 0.717) is 5.56 Å². The highest BCUT2D eigenvalue weighted by atomic mass is 16.6. The van der Waals surface area contributed by atoms with Crippen molar-refractivity contribution in [1.82, 2.24) is 5.32 Å². The van der Waals surface area contributed by atoms with Gasteiger partial charge in [-0.1, -0.05) is 0 Å². The van der Waals surface area contributed by atoms with E-state index in [1.54, 1.807) is 27.7 Å². The Morgan fingerprint density at radius 3 is 2.43 bits per heavy atom. The summed E-state index contributed by atoms with van der Waals surface area (Å²) in [5, 5.41) is 13.1. The highest BCUT2D eigenvalue weighted by Gasteiger charge is 2.18. The maximum Gasteiger partial charge on any atom is 0.325 e. The van der Waals surface area contributed by atoms with E-state index in [4.69, 9.17) is 4.74 Å². The molecule has 0 aliphatic heterocycles. The van der Waals surface area contributed by atoms with Crippen LogP contribution in [0.3, 0.4) is 0 Å². The summed E-state index contributed by atoms with van der Waals surface area (Å²) < 4.78 is 5.06. The number of carbonyl (C=O) groups excluding carboxylic acids is 2. The zero-order valence-corrected chi connectivity index (χ0v) is 12.4. The molecule has 0 heterocycles. The van der Waals surface area contributed by atoms with Crippen LogP contribution in [0.2, 0.25) is 0 Å². The van der Waals surface area contributed by atoms with Crippen LogP contribution in [0.15, 0.2) is 18.2 Å². The van der Waals surface area contributed by atoms with E-state index in [1.165, 1.54) is 18.2 Å². The number of rotatable bonds is 4. The molecule has 1 rings (SSSR count). The SMILES string of the molecule is Cc1cc([N+](=O)[O-])ccc1C(=O)NCC(=O)OC(C)(C)C. The van der Waals surface area contributed by atoms with Crippen molar-refractivity contribution in [3.63, 3.8) is 0 Å². The number of hydrogen-bond acceptors (Lipinski definition) is 5. The lowest BCUT2D eigenvalue weighted by molar-refractivity contribution is -0.384. The Balaban J connectivity index is 2.68. The van der Waals surface area contributed by atoms with Crippen LogP contribution in [-0.2, 0) is 9.53 Å². The summed E-state index contributed by atoms with van der Waals surface area (Å²) >= 11 is 0. The number of aryl methyl sites for hydroxylation is 1. The summed E-state index contributed by atoms with van der Waals surface area (Å²) in [7, 11) is 0. The Morgan fingerprint density at radius 2 is 1.95 bits per heavy atom. The highest BCUT2D eigenvalue weighted by Crippen LogP contribution is 2.17. The molecule has 1 N–H and O–H groups in total. The third-order valence-corrected chi connectivity index (χ3v) is 2.48. The van der Waals surface area contributed by atoms with Crippen molar-refractivity contribution in [2.75, 3.05) is 6.54 Å². The third kappa shape index (κ3) is 5.21. The largest absolute Gasteiger partial charge is 0.459 e. The van der Waals surface area contributed by atoms with Crippen LogP contribution in [0.5, 0.6) is 0 Å². The molecule has 1 amide bonds. The molecule has 0 saturated carbocycles. The van der Waals surface area contributed by atoms with E-state index in [2.05, 4.69) is 5.32 Å². The number of esters is 1. The molecule has 0 fully saturated rings. The van der Waals surface area contributed by atoms with Gasteiger partial charge in [-0.25, -0.2) is 0 Å². The number of non-ortho nitro benzene ring substituents is 1. The third-order valence-electron chi connectivity index (χ3n) is 2.48. The molecular weight excluding hydrogens is 276 g/mol. The van der Waals surface area contributed by atoms with Crippen LogP contribution >= 0.6 is 0 Å². The van der Waals surface area contributed by atoms with Crippen molar-refractivity contribution < 1.29 is 19.2 Å². The second-order valence-electron chi connectivity index (χ2n) is 5.53. The average Bonchev–Trinajstić information content (AvgIpc) is 2.33. The van der Waals surface area contributed by atoms with Crippen molar-refractivity contribution in [3.05, 3.63) is 39.4 Å². The summed E-state index contributed by atoms with van der Waals surface area (Å²) in [5.41, 5.74) is 0.0386. The van der Waals surface area contributed by atoms with Gasteiger partial charge in [-0.05, 0) is 39.3 Å². The number of amides is 1. The Hall–Kier alpha value is -2.44. The first-order chi connectivity index (χ1) is 9.60. The van der Waals surface area contributed by atoms with E-state index >= 15 is 0 Å². The summed E-state index contributed by atoms with van der Waals surface area (Å²) in [6, 6.07) is 3.91. The van der Waals surface area contributed by atoms with Crippen molar-refractivity contribution in [3.8, 4) is 0 Å². The Bertz CT molecular complexity index is 575. The molecule has 114 valence electrons. The lowest BCUT2D eigenvalue weighted by atomic mass is 10.1. The van der Waals surface area contributed by atoms with Gasteiger partial charge in [0, 0.05) is 17.7 Å². The molecule has 0 radical (unpaired) electrons. The molecule has 0 unspecified atom stereocenters. The Kier molecular flexibility index (Phi) is 5.02. The Labute approximate surface area is 122 Å². The molecule has 21 heavy (non-hydrogen) atoms. The predicted molar refractivity (Wildman–Crippen MR) is 76.0 cm³/mol. The van der Waals surface area contributed by atoms with Gasteiger partial charge in [-0.2, -0.15) is 0 Å². The number of benzene rings is 1. The minimum Gasteiger partial charge on any atom is -0.459 e.